The van der Waals surface area contributed by atoms with E-state index in [1.54, 1.807) is 0 Å². The highest BCUT2D eigenvalue weighted by molar-refractivity contribution is 9.10. The number of halogens is 1. The second kappa shape index (κ2) is 9.93. The molecular formula is C34H32BrN4O+. The Labute approximate surface area is 243 Å². The summed E-state index contributed by atoms with van der Waals surface area (Å²) in [6.45, 7) is 4.92. The van der Waals surface area contributed by atoms with Gasteiger partial charge in [0.2, 0.25) is 6.33 Å². The Hall–Kier alpha value is -3.90. The Morgan fingerprint density at radius 3 is 2.50 bits per heavy atom. The summed E-state index contributed by atoms with van der Waals surface area (Å²) in [5.74, 6) is 0.161. The lowest BCUT2D eigenvalue weighted by Gasteiger charge is -2.36. The fraction of sp³-hybridized carbons (Fsp3) is 0.235. The molecule has 1 fully saturated rings. The fourth-order valence-electron chi connectivity index (χ4n) is 6.83. The van der Waals surface area contributed by atoms with E-state index in [0.29, 0.717) is 6.54 Å². The molecule has 0 radical (unpaired) electrons. The highest BCUT2D eigenvalue weighted by atomic mass is 79.9. The molecule has 0 saturated carbocycles. The van der Waals surface area contributed by atoms with Crippen molar-refractivity contribution in [3.05, 3.63) is 131 Å². The van der Waals surface area contributed by atoms with Gasteiger partial charge in [0.05, 0.1) is 0 Å². The van der Waals surface area contributed by atoms with Crippen molar-refractivity contribution >= 4 is 38.6 Å². The fourth-order valence-corrected chi connectivity index (χ4v) is 7.24. The predicted octanol–water partition coefficient (Wildman–Crippen LogP) is 6.28. The number of para-hydroxylation sites is 3. The number of fused-ring (bicyclic) bond motifs is 4. The van der Waals surface area contributed by atoms with Crippen molar-refractivity contribution in [1.82, 2.24) is 9.47 Å². The Kier molecular flexibility index (Phi) is 6.23. The first kappa shape index (κ1) is 25.1. The molecule has 2 atom stereocenters. The molecule has 7 rings (SSSR count). The quantitative estimate of drug-likeness (QED) is 0.218. The number of amides is 1. The van der Waals surface area contributed by atoms with Crippen LogP contribution in [0, 0.1) is 0 Å². The molecule has 1 saturated heterocycles. The molecular weight excluding hydrogens is 560 g/mol. The van der Waals surface area contributed by atoms with Crippen LogP contribution in [0.25, 0.3) is 11.0 Å². The number of imidazole rings is 1. The van der Waals surface area contributed by atoms with Gasteiger partial charge in [0.25, 0.3) is 5.91 Å². The predicted molar refractivity (Wildman–Crippen MR) is 162 cm³/mol. The van der Waals surface area contributed by atoms with E-state index in [-0.39, 0.29) is 17.5 Å². The Morgan fingerprint density at radius 2 is 1.65 bits per heavy atom. The molecule has 2 unspecified atom stereocenters. The number of rotatable bonds is 6. The summed E-state index contributed by atoms with van der Waals surface area (Å²) in [6.07, 6.45) is 3.05. The molecule has 6 heteroatoms. The van der Waals surface area contributed by atoms with Crippen molar-refractivity contribution in [2.45, 2.75) is 44.6 Å². The van der Waals surface area contributed by atoms with E-state index in [1.807, 2.05) is 12.1 Å². The zero-order chi connectivity index (χ0) is 27.3. The molecule has 0 aliphatic carbocycles. The highest BCUT2D eigenvalue weighted by Gasteiger charge is 2.55. The SMILES string of the molecule is CC12CCN(C(=O)Cn3c[n+](Cc4ccccc4Br)c4ccccc43)C1N(Cc1ccccc1)c1ccccc12. The van der Waals surface area contributed by atoms with Gasteiger partial charge in [0.1, 0.15) is 12.7 Å². The van der Waals surface area contributed by atoms with Crippen LogP contribution >= 0.6 is 15.9 Å². The molecule has 40 heavy (non-hydrogen) atoms. The minimum absolute atomic E-state index is 0.00756. The van der Waals surface area contributed by atoms with Gasteiger partial charge < -0.3 is 9.80 Å². The van der Waals surface area contributed by atoms with Crippen LogP contribution in [-0.4, -0.2) is 28.1 Å². The van der Waals surface area contributed by atoms with Crippen molar-refractivity contribution in [2.24, 2.45) is 0 Å². The van der Waals surface area contributed by atoms with E-state index in [4.69, 9.17) is 0 Å². The van der Waals surface area contributed by atoms with Crippen LogP contribution in [0.2, 0.25) is 0 Å². The molecule has 1 aromatic heterocycles. The number of hydrogen-bond acceptors (Lipinski definition) is 2. The largest absolute Gasteiger partial charge is 0.346 e. The third-order valence-corrected chi connectivity index (χ3v) is 9.53. The smallest absolute Gasteiger partial charge is 0.266 e. The molecule has 0 bridgehead atoms. The summed E-state index contributed by atoms with van der Waals surface area (Å²) in [4.78, 5) is 18.8. The molecule has 4 aromatic carbocycles. The van der Waals surface area contributed by atoms with Crippen molar-refractivity contribution < 1.29 is 9.36 Å². The Morgan fingerprint density at radius 1 is 0.925 bits per heavy atom. The van der Waals surface area contributed by atoms with Crippen molar-refractivity contribution in [1.29, 1.82) is 0 Å². The van der Waals surface area contributed by atoms with Gasteiger partial charge in [0, 0.05) is 34.2 Å². The number of anilines is 1. The van der Waals surface area contributed by atoms with Gasteiger partial charge in [-0.15, -0.1) is 0 Å². The topological polar surface area (TPSA) is 32.4 Å². The summed E-state index contributed by atoms with van der Waals surface area (Å²) in [7, 11) is 0. The van der Waals surface area contributed by atoms with E-state index in [1.165, 1.54) is 22.4 Å². The Bertz CT molecular complexity index is 1710. The first-order chi connectivity index (χ1) is 19.5. The normalized spacial score (nSPS) is 19.7. The van der Waals surface area contributed by atoms with Crippen LogP contribution in [0.1, 0.15) is 30.0 Å². The van der Waals surface area contributed by atoms with E-state index < -0.39 is 0 Å². The van der Waals surface area contributed by atoms with Crippen molar-refractivity contribution in [2.75, 3.05) is 11.4 Å². The van der Waals surface area contributed by atoms with Crippen LogP contribution in [0.15, 0.2) is 114 Å². The lowest BCUT2D eigenvalue weighted by Crippen LogP contribution is -2.51. The minimum atomic E-state index is -0.0979. The molecule has 0 spiro atoms. The lowest BCUT2D eigenvalue weighted by molar-refractivity contribution is -0.663. The summed E-state index contributed by atoms with van der Waals surface area (Å²) in [5, 5.41) is 0. The second-order valence-corrected chi connectivity index (χ2v) is 12.1. The van der Waals surface area contributed by atoms with Crippen LogP contribution in [-0.2, 0) is 29.8 Å². The maximum Gasteiger partial charge on any atom is 0.266 e. The first-order valence-corrected chi connectivity index (χ1v) is 14.7. The van der Waals surface area contributed by atoms with Crippen LogP contribution in [0.5, 0.6) is 0 Å². The van der Waals surface area contributed by atoms with E-state index in [0.717, 1.165) is 41.6 Å². The third-order valence-electron chi connectivity index (χ3n) is 8.76. The van der Waals surface area contributed by atoms with Gasteiger partial charge in [-0.3, -0.25) is 4.79 Å². The van der Waals surface area contributed by atoms with Crippen LogP contribution in [0.3, 0.4) is 0 Å². The van der Waals surface area contributed by atoms with Crippen LogP contribution < -0.4 is 9.47 Å². The number of likely N-dealkylation sites (tertiary alicyclic amines) is 1. The van der Waals surface area contributed by atoms with Gasteiger partial charge in [0.15, 0.2) is 17.6 Å². The molecule has 2 aliphatic heterocycles. The van der Waals surface area contributed by atoms with Gasteiger partial charge in [-0.05, 0) is 41.8 Å². The minimum Gasteiger partial charge on any atom is -0.346 e. The molecule has 1 amide bonds. The number of hydrogen-bond donors (Lipinski definition) is 0. The molecule has 0 N–H and O–H groups in total. The number of carbonyl (C=O) groups excluding carboxylic acids is 1. The molecule has 2 aliphatic rings. The number of nitrogens with zero attached hydrogens (tertiary/aromatic N) is 4. The van der Waals surface area contributed by atoms with Crippen molar-refractivity contribution in [3.8, 4) is 0 Å². The number of benzene rings is 4. The number of carbonyl (C=O) groups is 1. The molecule has 5 nitrogen and oxygen atoms in total. The highest BCUT2D eigenvalue weighted by Crippen LogP contribution is 2.52. The first-order valence-electron chi connectivity index (χ1n) is 13.9. The van der Waals surface area contributed by atoms with Crippen molar-refractivity contribution in [3.63, 3.8) is 0 Å². The van der Waals surface area contributed by atoms with Gasteiger partial charge >= 0.3 is 0 Å². The maximum atomic E-state index is 14.2. The zero-order valence-corrected chi connectivity index (χ0v) is 24.2. The van der Waals surface area contributed by atoms with Crippen LogP contribution in [0.4, 0.5) is 5.69 Å². The summed E-state index contributed by atoms with van der Waals surface area (Å²) in [6, 6.07) is 36.0. The van der Waals surface area contributed by atoms with E-state index in [9.17, 15) is 4.79 Å². The lowest BCUT2D eigenvalue weighted by atomic mass is 9.81. The molecule has 5 aromatic rings. The molecule has 200 valence electrons. The van der Waals surface area contributed by atoms with Gasteiger partial charge in [-0.2, -0.15) is 0 Å². The maximum absolute atomic E-state index is 14.2. The zero-order valence-electron chi connectivity index (χ0n) is 22.6. The Balaban J connectivity index is 1.21. The average molecular weight is 593 g/mol. The molecule has 3 heterocycles. The van der Waals surface area contributed by atoms with Gasteiger partial charge in [-0.1, -0.05) is 102 Å². The van der Waals surface area contributed by atoms with Gasteiger partial charge in [-0.25, -0.2) is 9.13 Å². The summed E-state index contributed by atoms with van der Waals surface area (Å²) < 4.78 is 5.45. The van der Waals surface area contributed by atoms with E-state index in [2.05, 4.69) is 139 Å². The second-order valence-electron chi connectivity index (χ2n) is 11.2. The third kappa shape index (κ3) is 4.13. The summed E-state index contributed by atoms with van der Waals surface area (Å²) >= 11 is 3.70. The standard InChI is InChI=1S/C34H32BrN4O/c1-34-19-20-38(33(34)39(21-25-11-3-2-4-12-25)29-16-8-6-14-27(29)34)32(40)23-37-24-36(30-17-9-10-18-31(30)37)22-26-13-5-7-15-28(26)35/h2-18,24,33H,19-23H2,1H3/q+1. The van der Waals surface area contributed by atoms with E-state index >= 15 is 0 Å². The number of aromatic nitrogens is 2. The summed E-state index contributed by atoms with van der Waals surface area (Å²) in [5.41, 5.74) is 7.15. The average Bonchev–Trinajstić information content (AvgIpc) is 3.58. The monoisotopic (exact) mass is 591 g/mol.